The van der Waals surface area contributed by atoms with E-state index in [1.165, 1.54) is 12.1 Å². The summed E-state index contributed by atoms with van der Waals surface area (Å²) in [4.78, 5) is 23.7. The molecule has 0 saturated carbocycles. The van der Waals surface area contributed by atoms with Crippen molar-refractivity contribution < 1.29 is 24.5 Å². The van der Waals surface area contributed by atoms with Crippen molar-refractivity contribution in [3.05, 3.63) is 59.7 Å². The van der Waals surface area contributed by atoms with E-state index in [9.17, 15) is 19.8 Å². The summed E-state index contributed by atoms with van der Waals surface area (Å²) in [5.41, 5.74) is 1.03. The maximum absolute atomic E-state index is 12.3. The maximum Gasteiger partial charge on any atom is 0.326 e. The number of carboxylic acid groups (broad SMARTS) is 1. The lowest BCUT2D eigenvalue weighted by molar-refractivity contribution is -0.139. The molecule has 3 N–H and O–H groups in total. The maximum atomic E-state index is 12.3. The van der Waals surface area contributed by atoms with Gasteiger partial charge in [0.05, 0.1) is 6.61 Å². The first-order valence-corrected chi connectivity index (χ1v) is 7.54. The zero-order valence-corrected chi connectivity index (χ0v) is 13.2. The van der Waals surface area contributed by atoms with Crippen LogP contribution in [0.5, 0.6) is 11.5 Å². The summed E-state index contributed by atoms with van der Waals surface area (Å²) >= 11 is 0. The molecule has 0 aliphatic heterocycles. The predicted molar refractivity (Wildman–Crippen MR) is 88.3 cm³/mol. The van der Waals surface area contributed by atoms with Gasteiger partial charge in [0.25, 0.3) is 5.91 Å². The molecule has 6 nitrogen and oxygen atoms in total. The molecule has 1 atom stereocenters. The Morgan fingerprint density at radius 1 is 1.17 bits per heavy atom. The first kappa shape index (κ1) is 17.3. The van der Waals surface area contributed by atoms with Gasteiger partial charge in [-0.25, -0.2) is 4.79 Å². The number of hydrogen-bond acceptors (Lipinski definition) is 4. The molecule has 2 aromatic carbocycles. The summed E-state index contributed by atoms with van der Waals surface area (Å²) in [5.74, 6) is -0.960. The van der Waals surface area contributed by atoms with E-state index in [0.29, 0.717) is 23.5 Å². The second-order valence-electron chi connectivity index (χ2n) is 5.20. The van der Waals surface area contributed by atoms with Crippen molar-refractivity contribution in [2.24, 2.45) is 0 Å². The van der Waals surface area contributed by atoms with E-state index >= 15 is 0 Å². The molecule has 0 aromatic heterocycles. The fourth-order valence-electron chi connectivity index (χ4n) is 2.20. The van der Waals surface area contributed by atoms with Crippen molar-refractivity contribution >= 4 is 11.9 Å². The largest absolute Gasteiger partial charge is 0.508 e. The number of carbonyl (C=O) groups is 2. The molecule has 0 saturated heterocycles. The molecule has 0 spiro atoms. The molecular weight excluding hydrogens is 310 g/mol. The molecule has 0 aliphatic carbocycles. The van der Waals surface area contributed by atoms with Crippen molar-refractivity contribution in [2.75, 3.05) is 6.61 Å². The monoisotopic (exact) mass is 329 g/mol. The molecule has 0 radical (unpaired) electrons. The van der Waals surface area contributed by atoms with Crippen LogP contribution in [0.2, 0.25) is 0 Å². The van der Waals surface area contributed by atoms with Crippen molar-refractivity contribution in [1.29, 1.82) is 0 Å². The van der Waals surface area contributed by atoms with Crippen LogP contribution in [0.15, 0.2) is 48.5 Å². The predicted octanol–water partition coefficient (Wildman–Crippen LogP) is 2.22. The van der Waals surface area contributed by atoms with E-state index in [1.54, 1.807) is 36.4 Å². The Labute approximate surface area is 139 Å². The minimum atomic E-state index is -1.13. The van der Waals surface area contributed by atoms with E-state index in [2.05, 4.69) is 5.32 Å². The van der Waals surface area contributed by atoms with Crippen LogP contribution in [0.1, 0.15) is 22.8 Å². The minimum Gasteiger partial charge on any atom is -0.508 e. The SMILES string of the molecule is CCOc1cccc(C(=O)NC(Cc2ccc(O)cc2)C(=O)O)c1. The number of amides is 1. The molecule has 2 aromatic rings. The lowest BCUT2D eigenvalue weighted by Crippen LogP contribution is -2.42. The molecule has 0 aliphatic rings. The van der Waals surface area contributed by atoms with Crippen LogP contribution in [0, 0.1) is 0 Å². The summed E-state index contributed by atoms with van der Waals surface area (Å²) in [6.45, 7) is 2.31. The molecule has 6 heteroatoms. The quantitative estimate of drug-likeness (QED) is 0.724. The summed E-state index contributed by atoms with van der Waals surface area (Å²) < 4.78 is 5.34. The third-order valence-electron chi connectivity index (χ3n) is 3.39. The molecule has 0 bridgehead atoms. The number of carbonyl (C=O) groups excluding carboxylic acids is 1. The number of aromatic hydroxyl groups is 1. The van der Waals surface area contributed by atoms with Gasteiger partial charge in [0.2, 0.25) is 0 Å². The van der Waals surface area contributed by atoms with E-state index < -0.39 is 17.9 Å². The fourth-order valence-corrected chi connectivity index (χ4v) is 2.20. The number of aliphatic carboxylic acids is 1. The normalized spacial score (nSPS) is 11.5. The summed E-state index contributed by atoms with van der Waals surface area (Å²) in [6.07, 6.45) is 0.118. The van der Waals surface area contributed by atoms with Gasteiger partial charge in [0.1, 0.15) is 17.5 Å². The van der Waals surface area contributed by atoms with Gasteiger partial charge < -0.3 is 20.3 Å². The van der Waals surface area contributed by atoms with Gasteiger partial charge in [-0.05, 0) is 42.8 Å². The number of rotatable bonds is 7. The van der Waals surface area contributed by atoms with Gasteiger partial charge in [-0.1, -0.05) is 18.2 Å². The van der Waals surface area contributed by atoms with Gasteiger partial charge in [0, 0.05) is 12.0 Å². The van der Waals surface area contributed by atoms with Crippen LogP contribution in [-0.2, 0) is 11.2 Å². The smallest absolute Gasteiger partial charge is 0.326 e. The second-order valence-corrected chi connectivity index (χ2v) is 5.20. The topological polar surface area (TPSA) is 95.9 Å². The average Bonchev–Trinajstić information content (AvgIpc) is 2.56. The molecule has 126 valence electrons. The number of benzene rings is 2. The molecule has 2 rings (SSSR count). The highest BCUT2D eigenvalue weighted by atomic mass is 16.5. The number of hydrogen-bond donors (Lipinski definition) is 3. The second kappa shape index (κ2) is 8.01. The Balaban J connectivity index is 2.09. The first-order valence-electron chi connectivity index (χ1n) is 7.54. The van der Waals surface area contributed by atoms with Crippen LogP contribution in [-0.4, -0.2) is 34.7 Å². The van der Waals surface area contributed by atoms with E-state index in [0.717, 1.165) is 0 Å². The van der Waals surface area contributed by atoms with Crippen molar-refractivity contribution in [3.8, 4) is 11.5 Å². The Morgan fingerprint density at radius 3 is 2.50 bits per heavy atom. The summed E-state index contributed by atoms with van der Waals surface area (Å²) in [7, 11) is 0. The van der Waals surface area contributed by atoms with Crippen LogP contribution >= 0.6 is 0 Å². The van der Waals surface area contributed by atoms with Crippen molar-refractivity contribution in [2.45, 2.75) is 19.4 Å². The van der Waals surface area contributed by atoms with E-state index in [1.807, 2.05) is 6.92 Å². The highest BCUT2D eigenvalue weighted by Crippen LogP contribution is 2.14. The Morgan fingerprint density at radius 2 is 1.88 bits per heavy atom. The minimum absolute atomic E-state index is 0.0994. The zero-order valence-electron chi connectivity index (χ0n) is 13.2. The van der Waals surface area contributed by atoms with E-state index in [4.69, 9.17) is 4.74 Å². The van der Waals surface area contributed by atoms with Gasteiger partial charge in [-0.15, -0.1) is 0 Å². The summed E-state index contributed by atoms with van der Waals surface area (Å²) in [5, 5.41) is 21.1. The molecule has 24 heavy (non-hydrogen) atoms. The Hall–Kier alpha value is -3.02. The van der Waals surface area contributed by atoms with E-state index in [-0.39, 0.29) is 12.2 Å². The molecular formula is C18H19NO5. The van der Waals surface area contributed by atoms with Crippen molar-refractivity contribution in [3.63, 3.8) is 0 Å². The van der Waals surface area contributed by atoms with Crippen molar-refractivity contribution in [1.82, 2.24) is 5.32 Å². The van der Waals surface area contributed by atoms with Gasteiger partial charge in [-0.2, -0.15) is 0 Å². The lowest BCUT2D eigenvalue weighted by atomic mass is 10.1. The summed E-state index contributed by atoms with van der Waals surface area (Å²) in [6, 6.07) is 11.7. The van der Waals surface area contributed by atoms with Crippen LogP contribution in [0.25, 0.3) is 0 Å². The molecule has 1 amide bonds. The number of phenols is 1. The molecule has 0 heterocycles. The first-order chi connectivity index (χ1) is 11.5. The molecule has 1 unspecified atom stereocenters. The number of nitrogens with one attached hydrogen (secondary N) is 1. The average molecular weight is 329 g/mol. The zero-order chi connectivity index (χ0) is 17.5. The van der Waals surface area contributed by atoms with Crippen LogP contribution < -0.4 is 10.1 Å². The number of phenolic OH excluding ortho intramolecular Hbond substituents is 1. The third kappa shape index (κ3) is 4.74. The van der Waals surface area contributed by atoms with Crippen LogP contribution in [0.4, 0.5) is 0 Å². The highest BCUT2D eigenvalue weighted by molar-refractivity contribution is 5.97. The van der Waals surface area contributed by atoms with Gasteiger partial charge in [0.15, 0.2) is 0 Å². The highest BCUT2D eigenvalue weighted by Gasteiger charge is 2.21. The fraction of sp³-hybridized carbons (Fsp3) is 0.222. The molecule has 0 fully saturated rings. The van der Waals surface area contributed by atoms with Crippen LogP contribution in [0.3, 0.4) is 0 Å². The van der Waals surface area contributed by atoms with Gasteiger partial charge in [-0.3, -0.25) is 4.79 Å². The lowest BCUT2D eigenvalue weighted by Gasteiger charge is -2.15. The third-order valence-corrected chi connectivity index (χ3v) is 3.39. The number of carboxylic acids is 1. The standard InChI is InChI=1S/C18H19NO5/c1-2-24-15-5-3-4-13(11-15)17(21)19-16(18(22)23)10-12-6-8-14(20)9-7-12/h3-9,11,16,20H,2,10H2,1H3,(H,19,21)(H,22,23). The van der Waals surface area contributed by atoms with Gasteiger partial charge >= 0.3 is 5.97 Å². The Kier molecular flexibility index (Phi) is 5.78. The number of ether oxygens (including phenoxy) is 1. The Bertz CT molecular complexity index is 712.